The quantitative estimate of drug-likeness (QED) is 0.894. The minimum absolute atomic E-state index is 0. The van der Waals surface area contributed by atoms with E-state index in [0.29, 0.717) is 12.5 Å². The van der Waals surface area contributed by atoms with Crippen molar-refractivity contribution in [2.75, 3.05) is 25.0 Å². The van der Waals surface area contributed by atoms with Crippen molar-refractivity contribution in [2.45, 2.75) is 26.3 Å². The minimum atomic E-state index is 0. The number of anilines is 1. The minimum Gasteiger partial charge on any atom is -0.328 e. The zero-order valence-corrected chi connectivity index (χ0v) is 13.0. The topological polar surface area (TPSA) is 58.4 Å². The highest BCUT2D eigenvalue weighted by molar-refractivity contribution is 5.92. The highest BCUT2D eigenvalue weighted by Crippen LogP contribution is 2.18. The summed E-state index contributed by atoms with van der Waals surface area (Å²) < 4.78 is 0. The molecule has 1 aliphatic heterocycles. The number of hydrogen-bond acceptors (Lipinski definition) is 3. The summed E-state index contributed by atoms with van der Waals surface area (Å²) in [5, 5.41) is 2.94. The molecule has 1 amide bonds. The third-order valence-corrected chi connectivity index (χ3v) is 3.72. The number of aryl methyl sites for hydroxylation is 1. The maximum Gasteiger partial charge on any atom is 0.238 e. The summed E-state index contributed by atoms with van der Waals surface area (Å²) in [5.74, 6) is 0.572. The molecule has 3 N–H and O–H groups in total. The van der Waals surface area contributed by atoms with E-state index in [1.807, 2.05) is 38.1 Å². The molecule has 1 aliphatic rings. The van der Waals surface area contributed by atoms with Crippen molar-refractivity contribution in [3.63, 3.8) is 0 Å². The number of amides is 1. The number of nitrogens with one attached hydrogen (secondary N) is 1. The maximum absolute atomic E-state index is 12.0. The molecule has 20 heavy (non-hydrogen) atoms. The van der Waals surface area contributed by atoms with Crippen LogP contribution in [-0.4, -0.2) is 36.5 Å². The first kappa shape index (κ1) is 17.0. The van der Waals surface area contributed by atoms with Gasteiger partial charge >= 0.3 is 0 Å². The fourth-order valence-corrected chi connectivity index (χ4v) is 2.56. The van der Waals surface area contributed by atoms with Crippen LogP contribution < -0.4 is 11.1 Å². The van der Waals surface area contributed by atoms with Gasteiger partial charge in [0.2, 0.25) is 5.91 Å². The molecule has 1 saturated heterocycles. The predicted octanol–water partition coefficient (Wildman–Crippen LogP) is 2.02. The third-order valence-electron chi connectivity index (χ3n) is 3.72. The van der Waals surface area contributed by atoms with E-state index >= 15 is 0 Å². The summed E-state index contributed by atoms with van der Waals surface area (Å²) in [6.45, 7) is 6.41. The molecular weight excluding hydrogens is 274 g/mol. The van der Waals surface area contributed by atoms with Crippen LogP contribution in [0.1, 0.15) is 18.9 Å². The van der Waals surface area contributed by atoms with Crippen molar-refractivity contribution >= 4 is 24.0 Å². The van der Waals surface area contributed by atoms with Crippen molar-refractivity contribution in [3.8, 4) is 0 Å². The number of carbonyl (C=O) groups is 1. The van der Waals surface area contributed by atoms with Gasteiger partial charge in [-0.25, -0.2) is 0 Å². The summed E-state index contributed by atoms with van der Waals surface area (Å²) in [6, 6.07) is 8.08. The standard InChI is InChI=1S/C15H23N3O.ClH/c1-11-4-3-5-14(8-11)17-15(19)10-18-7-6-13(9-18)12(2)16;/h3-5,8,12-13H,6-7,9-10,16H2,1-2H3,(H,17,19);1H. The Hall–Kier alpha value is -1.10. The van der Waals surface area contributed by atoms with Crippen molar-refractivity contribution in [1.29, 1.82) is 0 Å². The van der Waals surface area contributed by atoms with Crippen LogP contribution in [0.5, 0.6) is 0 Å². The highest BCUT2D eigenvalue weighted by atomic mass is 35.5. The van der Waals surface area contributed by atoms with Gasteiger partial charge in [-0.2, -0.15) is 0 Å². The zero-order chi connectivity index (χ0) is 13.8. The lowest BCUT2D eigenvalue weighted by Crippen LogP contribution is -2.34. The summed E-state index contributed by atoms with van der Waals surface area (Å²) in [5.41, 5.74) is 7.92. The van der Waals surface area contributed by atoms with Crippen LogP contribution in [0.25, 0.3) is 0 Å². The van der Waals surface area contributed by atoms with Crippen molar-refractivity contribution in [1.82, 2.24) is 4.90 Å². The third kappa shape index (κ3) is 4.78. The maximum atomic E-state index is 12.0. The Labute approximate surface area is 127 Å². The molecule has 2 rings (SSSR count). The molecular formula is C15H24ClN3O. The van der Waals surface area contributed by atoms with Gasteiger partial charge in [-0.1, -0.05) is 12.1 Å². The summed E-state index contributed by atoms with van der Waals surface area (Å²) in [7, 11) is 0. The lowest BCUT2D eigenvalue weighted by molar-refractivity contribution is -0.117. The smallest absolute Gasteiger partial charge is 0.238 e. The van der Waals surface area contributed by atoms with E-state index in [1.165, 1.54) is 0 Å². The van der Waals surface area contributed by atoms with Crippen LogP contribution in [0.3, 0.4) is 0 Å². The Bertz CT molecular complexity index is 450. The highest BCUT2D eigenvalue weighted by Gasteiger charge is 2.26. The molecule has 1 aromatic rings. The summed E-state index contributed by atoms with van der Waals surface area (Å²) >= 11 is 0. The van der Waals surface area contributed by atoms with Gasteiger partial charge in [0.1, 0.15) is 0 Å². The van der Waals surface area contributed by atoms with E-state index in [1.54, 1.807) is 0 Å². The Balaban J connectivity index is 0.00000200. The van der Waals surface area contributed by atoms with Gasteiger partial charge < -0.3 is 11.1 Å². The van der Waals surface area contributed by atoms with Gasteiger partial charge in [-0.3, -0.25) is 9.69 Å². The van der Waals surface area contributed by atoms with E-state index < -0.39 is 0 Å². The SMILES string of the molecule is Cc1cccc(NC(=O)CN2CCC(C(C)N)C2)c1.Cl. The molecule has 1 aromatic carbocycles. The van der Waals surface area contributed by atoms with Crippen molar-refractivity contribution in [2.24, 2.45) is 11.7 Å². The fourth-order valence-electron chi connectivity index (χ4n) is 2.56. The van der Waals surface area contributed by atoms with E-state index in [0.717, 1.165) is 30.8 Å². The Kier molecular flexibility index (Phi) is 6.46. The van der Waals surface area contributed by atoms with Gasteiger partial charge in [-0.15, -0.1) is 12.4 Å². The number of nitrogens with two attached hydrogens (primary N) is 1. The summed E-state index contributed by atoms with van der Waals surface area (Å²) in [4.78, 5) is 14.2. The summed E-state index contributed by atoms with van der Waals surface area (Å²) in [6.07, 6.45) is 1.09. The zero-order valence-electron chi connectivity index (χ0n) is 12.1. The number of hydrogen-bond donors (Lipinski definition) is 2. The Morgan fingerprint density at radius 3 is 2.90 bits per heavy atom. The number of likely N-dealkylation sites (tertiary alicyclic amines) is 1. The van der Waals surface area contributed by atoms with Gasteiger partial charge in [0.15, 0.2) is 0 Å². The number of nitrogens with zero attached hydrogens (tertiary/aromatic N) is 1. The monoisotopic (exact) mass is 297 g/mol. The molecule has 1 fully saturated rings. The molecule has 0 bridgehead atoms. The van der Waals surface area contributed by atoms with Crippen LogP contribution in [0, 0.1) is 12.8 Å². The van der Waals surface area contributed by atoms with E-state index in [2.05, 4.69) is 10.2 Å². The number of benzene rings is 1. The molecule has 4 nitrogen and oxygen atoms in total. The normalized spacial score (nSPS) is 20.2. The first-order chi connectivity index (χ1) is 9.04. The Morgan fingerprint density at radius 1 is 1.55 bits per heavy atom. The van der Waals surface area contributed by atoms with Gasteiger partial charge in [0.25, 0.3) is 0 Å². The molecule has 5 heteroatoms. The molecule has 0 spiro atoms. The molecule has 0 radical (unpaired) electrons. The Morgan fingerprint density at radius 2 is 2.30 bits per heavy atom. The lowest BCUT2D eigenvalue weighted by atomic mass is 10.0. The van der Waals surface area contributed by atoms with Gasteiger partial charge in [-0.05, 0) is 50.4 Å². The number of rotatable bonds is 4. The molecule has 2 atom stereocenters. The second-order valence-corrected chi connectivity index (χ2v) is 5.56. The second kappa shape index (κ2) is 7.62. The lowest BCUT2D eigenvalue weighted by Gasteiger charge is -2.17. The number of carbonyl (C=O) groups excluding carboxylic acids is 1. The molecule has 2 unspecified atom stereocenters. The van der Waals surface area contributed by atoms with E-state index in [-0.39, 0.29) is 24.4 Å². The fraction of sp³-hybridized carbons (Fsp3) is 0.533. The van der Waals surface area contributed by atoms with Crippen LogP contribution in [-0.2, 0) is 4.79 Å². The first-order valence-electron chi connectivity index (χ1n) is 6.89. The van der Waals surface area contributed by atoms with Crippen LogP contribution in [0.15, 0.2) is 24.3 Å². The first-order valence-corrected chi connectivity index (χ1v) is 6.89. The predicted molar refractivity (Wildman–Crippen MR) is 85.3 cm³/mol. The van der Waals surface area contributed by atoms with Gasteiger partial charge in [0.05, 0.1) is 6.54 Å². The molecule has 0 aliphatic carbocycles. The van der Waals surface area contributed by atoms with E-state index in [9.17, 15) is 4.79 Å². The average molecular weight is 298 g/mol. The van der Waals surface area contributed by atoms with E-state index in [4.69, 9.17) is 5.73 Å². The van der Waals surface area contributed by atoms with Gasteiger partial charge in [0, 0.05) is 18.3 Å². The van der Waals surface area contributed by atoms with Crippen molar-refractivity contribution < 1.29 is 4.79 Å². The molecule has 0 saturated carbocycles. The second-order valence-electron chi connectivity index (χ2n) is 5.56. The van der Waals surface area contributed by atoms with Crippen LogP contribution in [0.2, 0.25) is 0 Å². The van der Waals surface area contributed by atoms with Crippen LogP contribution in [0.4, 0.5) is 5.69 Å². The number of halogens is 1. The molecule has 112 valence electrons. The largest absolute Gasteiger partial charge is 0.328 e. The molecule has 1 heterocycles. The molecule has 0 aromatic heterocycles. The average Bonchev–Trinajstić information content (AvgIpc) is 2.77. The van der Waals surface area contributed by atoms with Crippen molar-refractivity contribution in [3.05, 3.63) is 29.8 Å². The van der Waals surface area contributed by atoms with Crippen LogP contribution >= 0.6 is 12.4 Å².